The molecular weight excluding hydrogens is 450 g/mol. The molecule has 2 aromatic carbocycles. The number of hydrogen-bond donors (Lipinski definition) is 2. The van der Waals surface area contributed by atoms with Crippen LogP contribution in [0.1, 0.15) is 47.2 Å². The number of hydrogen-bond acceptors (Lipinski definition) is 5. The number of aromatic nitrogens is 1. The zero-order valence-electron chi connectivity index (χ0n) is 20.0. The van der Waals surface area contributed by atoms with Crippen LogP contribution in [0.5, 0.6) is 5.75 Å². The van der Waals surface area contributed by atoms with E-state index in [0.29, 0.717) is 17.7 Å². The van der Waals surface area contributed by atoms with Crippen LogP contribution in [-0.4, -0.2) is 25.9 Å². The topological polar surface area (TPSA) is 97.4 Å². The third-order valence-electron chi connectivity index (χ3n) is 5.40. The molecule has 3 aromatic rings. The van der Waals surface area contributed by atoms with Gasteiger partial charge in [-0.25, -0.2) is 13.1 Å². The van der Waals surface area contributed by atoms with E-state index in [1.54, 1.807) is 26.2 Å². The fourth-order valence-corrected chi connectivity index (χ4v) is 5.34. The Morgan fingerprint density at radius 1 is 1.06 bits per heavy atom. The lowest BCUT2D eigenvalue weighted by Gasteiger charge is -2.16. The summed E-state index contributed by atoms with van der Waals surface area (Å²) in [5, 5.41) is 2.91. The van der Waals surface area contributed by atoms with E-state index in [4.69, 9.17) is 4.74 Å². The van der Waals surface area contributed by atoms with Crippen molar-refractivity contribution in [2.24, 2.45) is 0 Å². The largest absolute Gasteiger partial charge is 0.489 e. The van der Waals surface area contributed by atoms with Crippen molar-refractivity contribution >= 4 is 15.9 Å². The predicted molar refractivity (Wildman–Crippen MR) is 132 cm³/mol. The molecule has 0 saturated carbocycles. The molecule has 0 aliphatic heterocycles. The third kappa shape index (κ3) is 6.88. The maximum absolute atomic E-state index is 12.7. The van der Waals surface area contributed by atoms with Gasteiger partial charge in [0.1, 0.15) is 12.4 Å². The van der Waals surface area contributed by atoms with E-state index in [0.717, 1.165) is 22.4 Å². The lowest BCUT2D eigenvalue weighted by molar-refractivity contribution is -0.121. The number of aryl methyl sites for hydroxylation is 3. The molecule has 34 heavy (non-hydrogen) atoms. The first kappa shape index (κ1) is 25.4. The van der Waals surface area contributed by atoms with Crippen molar-refractivity contribution in [3.8, 4) is 5.75 Å². The quantitative estimate of drug-likeness (QED) is 0.454. The van der Waals surface area contributed by atoms with E-state index in [2.05, 4.69) is 15.0 Å². The number of ether oxygens (including phenoxy) is 1. The zero-order chi connectivity index (χ0) is 24.7. The molecule has 0 bridgehead atoms. The maximum Gasteiger partial charge on any atom is 0.241 e. The molecule has 0 spiro atoms. The number of carbonyl (C=O) groups is 1. The van der Waals surface area contributed by atoms with E-state index in [1.165, 1.54) is 0 Å². The second-order valence-corrected chi connectivity index (χ2v) is 10.1. The van der Waals surface area contributed by atoms with Crippen molar-refractivity contribution in [2.75, 3.05) is 6.54 Å². The molecule has 1 heterocycles. The summed E-state index contributed by atoms with van der Waals surface area (Å²) in [6.07, 6.45) is 3.52. The summed E-state index contributed by atoms with van der Waals surface area (Å²) in [4.78, 5) is 16.7. The van der Waals surface area contributed by atoms with Gasteiger partial charge in [0.2, 0.25) is 15.9 Å². The van der Waals surface area contributed by atoms with Gasteiger partial charge in [0.25, 0.3) is 0 Å². The van der Waals surface area contributed by atoms with Crippen molar-refractivity contribution in [1.29, 1.82) is 0 Å². The number of nitrogens with zero attached hydrogens (tertiary/aromatic N) is 1. The molecule has 7 nitrogen and oxygen atoms in total. The zero-order valence-corrected chi connectivity index (χ0v) is 20.8. The molecule has 2 N–H and O–H groups in total. The fourth-order valence-electron chi connectivity index (χ4n) is 3.86. The van der Waals surface area contributed by atoms with Crippen molar-refractivity contribution in [3.05, 3.63) is 88.7 Å². The van der Waals surface area contributed by atoms with Crippen LogP contribution >= 0.6 is 0 Å². The molecular formula is C26H31N3O4S. The molecule has 0 saturated heterocycles. The molecule has 1 aromatic heterocycles. The minimum absolute atomic E-state index is 0.0226. The molecule has 0 radical (unpaired) electrons. The first-order valence-electron chi connectivity index (χ1n) is 11.1. The van der Waals surface area contributed by atoms with Crippen LogP contribution in [0.3, 0.4) is 0 Å². The van der Waals surface area contributed by atoms with Crippen molar-refractivity contribution < 1.29 is 17.9 Å². The Bertz CT molecular complexity index is 1200. The number of sulfonamides is 1. The highest BCUT2D eigenvalue weighted by molar-refractivity contribution is 7.89. The highest BCUT2D eigenvalue weighted by atomic mass is 32.2. The molecule has 1 amide bonds. The SMILES string of the molecule is Cc1cc(C)c(S(=O)(=O)NCCC(=O)NC(C)c2ccc(OCc3cccnc3)cc2)c(C)c1. The smallest absolute Gasteiger partial charge is 0.241 e. The second kappa shape index (κ2) is 11.3. The minimum atomic E-state index is -3.69. The van der Waals surface area contributed by atoms with Gasteiger partial charge in [0, 0.05) is 30.9 Å². The minimum Gasteiger partial charge on any atom is -0.489 e. The summed E-state index contributed by atoms with van der Waals surface area (Å²) in [7, 11) is -3.69. The van der Waals surface area contributed by atoms with Gasteiger partial charge in [-0.05, 0) is 62.6 Å². The number of carbonyl (C=O) groups excluding carboxylic acids is 1. The molecule has 1 atom stereocenters. The van der Waals surface area contributed by atoms with Crippen LogP contribution in [-0.2, 0) is 21.4 Å². The Morgan fingerprint density at radius 3 is 2.35 bits per heavy atom. The number of nitrogens with one attached hydrogen (secondary N) is 2. The van der Waals surface area contributed by atoms with Gasteiger partial charge in [0.05, 0.1) is 10.9 Å². The van der Waals surface area contributed by atoms with Gasteiger partial charge >= 0.3 is 0 Å². The molecule has 0 aliphatic rings. The van der Waals surface area contributed by atoms with Crippen molar-refractivity contribution in [2.45, 2.75) is 51.7 Å². The Hall–Kier alpha value is -3.23. The lowest BCUT2D eigenvalue weighted by Crippen LogP contribution is -2.32. The molecule has 0 aliphatic carbocycles. The highest BCUT2D eigenvalue weighted by Crippen LogP contribution is 2.22. The first-order chi connectivity index (χ1) is 16.2. The van der Waals surface area contributed by atoms with Crippen LogP contribution in [0.15, 0.2) is 65.8 Å². The second-order valence-electron chi connectivity index (χ2n) is 8.38. The highest BCUT2D eigenvalue weighted by Gasteiger charge is 2.20. The van der Waals surface area contributed by atoms with E-state index >= 15 is 0 Å². The Morgan fingerprint density at radius 2 is 1.74 bits per heavy atom. The molecule has 1 unspecified atom stereocenters. The van der Waals surface area contributed by atoms with Crippen LogP contribution in [0, 0.1) is 20.8 Å². The average molecular weight is 482 g/mol. The summed E-state index contributed by atoms with van der Waals surface area (Å²) < 4.78 is 33.8. The number of amides is 1. The average Bonchev–Trinajstić information content (AvgIpc) is 2.77. The van der Waals surface area contributed by atoms with Crippen molar-refractivity contribution in [3.63, 3.8) is 0 Å². The summed E-state index contributed by atoms with van der Waals surface area (Å²) in [5.41, 5.74) is 4.30. The van der Waals surface area contributed by atoms with E-state index in [9.17, 15) is 13.2 Å². The van der Waals surface area contributed by atoms with Crippen LogP contribution in [0.25, 0.3) is 0 Å². The number of pyridine rings is 1. The van der Waals surface area contributed by atoms with Crippen LogP contribution in [0.2, 0.25) is 0 Å². The fraction of sp³-hybridized carbons (Fsp3) is 0.308. The van der Waals surface area contributed by atoms with Gasteiger partial charge in [-0.15, -0.1) is 0 Å². The number of benzene rings is 2. The summed E-state index contributed by atoms with van der Waals surface area (Å²) >= 11 is 0. The Kier molecular flexibility index (Phi) is 8.41. The summed E-state index contributed by atoms with van der Waals surface area (Å²) in [6, 6.07) is 14.8. The molecule has 0 fully saturated rings. The van der Waals surface area contributed by atoms with Gasteiger partial charge in [-0.2, -0.15) is 0 Å². The predicted octanol–water partition coefficient (Wildman–Crippen LogP) is 4.13. The maximum atomic E-state index is 12.7. The van der Waals surface area contributed by atoms with Gasteiger partial charge in [-0.1, -0.05) is 35.9 Å². The normalized spacial score (nSPS) is 12.2. The van der Waals surface area contributed by atoms with Crippen LogP contribution in [0.4, 0.5) is 0 Å². The van der Waals surface area contributed by atoms with Crippen LogP contribution < -0.4 is 14.8 Å². The number of rotatable bonds is 10. The van der Waals surface area contributed by atoms with Gasteiger partial charge < -0.3 is 10.1 Å². The third-order valence-corrected chi connectivity index (χ3v) is 7.17. The Balaban J connectivity index is 1.48. The lowest BCUT2D eigenvalue weighted by atomic mass is 10.1. The first-order valence-corrected chi connectivity index (χ1v) is 12.6. The monoisotopic (exact) mass is 481 g/mol. The summed E-state index contributed by atoms with van der Waals surface area (Å²) in [5.74, 6) is 0.492. The molecule has 8 heteroatoms. The summed E-state index contributed by atoms with van der Waals surface area (Å²) in [6.45, 7) is 7.81. The van der Waals surface area contributed by atoms with E-state index < -0.39 is 10.0 Å². The Labute approximate surface area is 201 Å². The van der Waals surface area contributed by atoms with Gasteiger partial charge in [0.15, 0.2) is 0 Å². The van der Waals surface area contributed by atoms with E-state index in [-0.39, 0.29) is 29.8 Å². The van der Waals surface area contributed by atoms with E-state index in [1.807, 2.05) is 62.4 Å². The van der Waals surface area contributed by atoms with Crippen molar-refractivity contribution in [1.82, 2.24) is 15.0 Å². The van der Waals surface area contributed by atoms with Gasteiger partial charge in [-0.3, -0.25) is 9.78 Å². The molecule has 180 valence electrons. The standard InChI is InChI=1S/C26H31N3O4S/c1-18-14-19(2)26(20(3)15-18)34(31,32)28-13-11-25(30)29-21(4)23-7-9-24(10-8-23)33-17-22-6-5-12-27-16-22/h5-10,12,14-16,21,28H,11,13,17H2,1-4H3,(H,29,30). The molecule has 3 rings (SSSR count).